The van der Waals surface area contributed by atoms with Crippen molar-refractivity contribution in [2.24, 2.45) is 0 Å². The molecule has 3 rings (SSSR count). The zero-order valence-corrected chi connectivity index (χ0v) is 14.8. The first-order valence-corrected chi connectivity index (χ1v) is 8.44. The molecule has 0 atom stereocenters. The average molecular weight is 358 g/mol. The fourth-order valence-corrected chi connectivity index (χ4v) is 2.76. The van der Waals surface area contributed by atoms with Crippen LogP contribution in [0.2, 0.25) is 0 Å². The zero-order chi connectivity index (χ0) is 19.2. The Balaban J connectivity index is 1.99. The minimum atomic E-state index is -0.455. The third kappa shape index (κ3) is 4.27. The van der Waals surface area contributed by atoms with Crippen LogP contribution in [0.25, 0.3) is 11.6 Å². The summed E-state index contributed by atoms with van der Waals surface area (Å²) in [5, 5.41) is 14.0. The third-order valence-electron chi connectivity index (χ3n) is 4.19. The number of hydrogen-bond acceptors (Lipinski definition) is 3. The lowest BCUT2D eigenvalue weighted by Crippen LogP contribution is -2.15. The van der Waals surface area contributed by atoms with E-state index in [1.54, 1.807) is 25.1 Å². The van der Waals surface area contributed by atoms with Gasteiger partial charge in [-0.15, -0.1) is 0 Å². The molecule has 0 radical (unpaired) electrons. The van der Waals surface area contributed by atoms with Crippen molar-refractivity contribution in [1.82, 2.24) is 0 Å². The van der Waals surface area contributed by atoms with Crippen LogP contribution in [0.15, 0.2) is 78.9 Å². The van der Waals surface area contributed by atoms with E-state index in [0.29, 0.717) is 16.8 Å². The Labute approximate surface area is 157 Å². The molecule has 0 aromatic heterocycles. The molecule has 3 aromatic rings. The van der Waals surface area contributed by atoms with Crippen molar-refractivity contribution < 1.29 is 9.72 Å². The molecule has 27 heavy (non-hydrogen) atoms. The van der Waals surface area contributed by atoms with Crippen molar-refractivity contribution in [3.05, 3.63) is 106 Å². The second kappa shape index (κ2) is 8.10. The van der Waals surface area contributed by atoms with Crippen LogP contribution in [0.4, 0.5) is 11.4 Å². The Kier molecular flexibility index (Phi) is 5.42. The van der Waals surface area contributed by atoms with Crippen LogP contribution in [0, 0.1) is 17.0 Å². The van der Waals surface area contributed by atoms with Crippen LogP contribution >= 0.6 is 0 Å². The molecule has 3 aromatic carbocycles. The van der Waals surface area contributed by atoms with E-state index in [9.17, 15) is 14.9 Å². The molecule has 0 saturated heterocycles. The molecule has 5 nitrogen and oxygen atoms in total. The largest absolute Gasteiger partial charge is 0.321 e. The van der Waals surface area contributed by atoms with Gasteiger partial charge in [0.15, 0.2) is 0 Å². The van der Waals surface area contributed by atoms with Crippen molar-refractivity contribution >= 4 is 28.9 Å². The van der Waals surface area contributed by atoms with Crippen LogP contribution in [0.5, 0.6) is 0 Å². The molecule has 0 fully saturated rings. The number of nitro groups is 1. The smallest absolute Gasteiger partial charge is 0.274 e. The first-order valence-electron chi connectivity index (χ1n) is 8.44. The summed E-state index contributed by atoms with van der Waals surface area (Å²) < 4.78 is 0. The van der Waals surface area contributed by atoms with Crippen LogP contribution in [-0.4, -0.2) is 10.8 Å². The lowest BCUT2D eigenvalue weighted by atomic mass is 10.0. The van der Waals surface area contributed by atoms with Gasteiger partial charge in [0.25, 0.3) is 11.6 Å². The lowest BCUT2D eigenvalue weighted by molar-refractivity contribution is -0.385. The molecule has 0 saturated carbocycles. The van der Waals surface area contributed by atoms with Gasteiger partial charge in [0.05, 0.1) is 16.2 Å². The first-order chi connectivity index (χ1) is 13.1. The Bertz CT molecular complexity index is 997. The average Bonchev–Trinajstić information content (AvgIpc) is 2.69. The summed E-state index contributed by atoms with van der Waals surface area (Å²) in [7, 11) is 0. The van der Waals surface area contributed by atoms with Gasteiger partial charge in [0.1, 0.15) is 0 Å². The Morgan fingerprint density at radius 1 is 0.926 bits per heavy atom. The van der Waals surface area contributed by atoms with E-state index in [4.69, 9.17) is 0 Å². The maximum absolute atomic E-state index is 13.0. The van der Waals surface area contributed by atoms with Crippen LogP contribution in [0.3, 0.4) is 0 Å². The number of nitrogens with one attached hydrogen (secondary N) is 1. The predicted molar refractivity (Wildman–Crippen MR) is 107 cm³/mol. The van der Waals surface area contributed by atoms with Crippen LogP contribution in [0.1, 0.15) is 16.7 Å². The van der Waals surface area contributed by atoms with E-state index in [1.165, 1.54) is 6.07 Å². The number of rotatable bonds is 5. The van der Waals surface area contributed by atoms with Crippen LogP contribution in [-0.2, 0) is 4.79 Å². The molecule has 0 aliphatic carbocycles. The van der Waals surface area contributed by atoms with Crippen molar-refractivity contribution in [2.75, 3.05) is 5.32 Å². The molecule has 0 unspecified atom stereocenters. The Morgan fingerprint density at radius 3 is 2.19 bits per heavy atom. The maximum Gasteiger partial charge on any atom is 0.274 e. The van der Waals surface area contributed by atoms with Gasteiger partial charge in [-0.2, -0.15) is 0 Å². The predicted octanol–water partition coefficient (Wildman–Crippen LogP) is 5.08. The summed E-state index contributed by atoms with van der Waals surface area (Å²) in [5.41, 5.74) is 2.95. The zero-order valence-electron chi connectivity index (χ0n) is 14.8. The van der Waals surface area contributed by atoms with E-state index in [2.05, 4.69) is 5.32 Å². The minimum Gasteiger partial charge on any atom is -0.321 e. The van der Waals surface area contributed by atoms with E-state index >= 15 is 0 Å². The first kappa shape index (κ1) is 18.1. The standard InChI is InChI=1S/C22H18N2O3/c1-16-20(13-8-14-21(16)24(26)27)23-22(25)19(18-11-6-3-7-12-18)15-17-9-4-2-5-10-17/h2-15H,1H3,(H,23,25)/b19-15-. The van der Waals surface area contributed by atoms with E-state index < -0.39 is 4.92 Å². The molecule has 5 heteroatoms. The van der Waals surface area contributed by atoms with Gasteiger partial charge in [0.2, 0.25) is 0 Å². The molecular formula is C22H18N2O3. The Hall–Kier alpha value is -3.73. The molecule has 0 aliphatic heterocycles. The van der Waals surface area contributed by atoms with Gasteiger partial charge in [-0.25, -0.2) is 0 Å². The van der Waals surface area contributed by atoms with Crippen molar-refractivity contribution in [2.45, 2.75) is 6.92 Å². The highest BCUT2D eigenvalue weighted by Crippen LogP contribution is 2.27. The van der Waals surface area contributed by atoms with Crippen molar-refractivity contribution in [1.29, 1.82) is 0 Å². The normalized spacial score (nSPS) is 11.1. The topological polar surface area (TPSA) is 72.2 Å². The monoisotopic (exact) mass is 358 g/mol. The number of hydrogen-bond donors (Lipinski definition) is 1. The summed E-state index contributed by atoms with van der Waals surface area (Å²) >= 11 is 0. The number of carbonyl (C=O) groups excluding carboxylic acids is 1. The number of nitrogens with zero attached hydrogens (tertiary/aromatic N) is 1. The van der Waals surface area contributed by atoms with Gasteiger partial charge in [0, 0.05) is 11.6 Å². The van der Waals surface area contributed by atoms with Gasteiger partial charge in [-0.3, -0.25) is 14.9 Å². The molecule has 134 valence electrons. The third-order valence-corrected chi connectivity index (χ3v) is 4.19. The maximum atomic E-state index is 13.0. The SMILES string of the molecule is Cc1c(NC(=O)/C(=C\c2ccccc2)c2ccccc2)cccc1[N+](=O)[O-]. The second-order valence-electron chi connectivity index (χ2n) is 6.00. The summed E-state index contributed by atoms with van der Waals surface area (Å²) in [4.78, 5) is 23.7. The Morgan fingerprint density at radius 2 is 1.56 bits per heavy atom. The molecule has 0 aliphatic rings. The van der Waals surface area contributed by atoms with Gasteiger partial charge in [-0.1, -0.05) is 66.7 Å². The fourth-order valence-electron chi connectivity index (χ4n) is 2.76. The second-order valence-corrected chi connectivity index (χ2v) is 6.00. The molecule has 0 spiro atoms. The van der Waals surface area contributed by atoms with Gasteiger partial charge < -0.3 is 5.32 Å². The lowest BCUT2D eigenvalue weighted by Gasteiger charge is -2.12. The number of anilines is 1. The summed E-state index contributed by atoms with van der Waals surface area (Å²) in [6, 6.07) is 23.5. The van der Waals surface area contributed by atoms with Gasteiger partial charge in [-0.05, 0) is 30.2 Å². The summed E-state index contributed by atoms with van der Waals surface area (Å²) in [6.07, 6.45) is 1.80. The van der Waals surface area contributed by atoms with Crippen LogP contribution < -0.4 is 5.32 Å². The van der Waals surface area contributed by atoms with E-state index in [0.717, 1.165) is 11.1 Å². The van der Waals surface area contributed by atoms with Crippen molar-refractivity contribution in [3.8, 4) is 0 Å². The highest BCUT2D eigenvalue weighted by molar-refractivity contribution is 6.29. The summed E-state index contributed by atoms with van der Waals surface area (Å²) in [5.74, 6) is -0.325. The number of amides is 1. The molecular weight excluding hydrogens is 340 g/mol. The fraction of sp³-hybridized carbons (Fsp3) is 0.0455. The van der Waals surface area contributed by atoms with Crippen molar-refractivity contribution in [3.63, 3.8) is 0 Å². The van der Waals surface area contributed by atoms with E-state index in [1.807, 2.05) is 60.7 Å². The van der Waals surface area contributed by atoms with Gasteiger partial charge >= 0.3 is 0 Å². The highest BCUT2D eigenvalue weighted by Gasteiger charge is 2.17. The summed E-state index contributed by atoms with van der Waals surface area (Å²) in [6.45, 7) is 1.62. The molecule has 1 amide bonds. The molecule has 0 heterocycles. The minimum absolute atomic E-state index is 0.0268. The number of benzene rings is 3. The molecule has 0 bridgehead atoms. The highest BCUT2D eigenvalue weighted by atomic mass is 16.6. The number of carbonyl (C=O) groups is 1. The quantitative estimate of drug-likeness (QED) is 0.299. The van der Waals surface area contributed by atoms with E-state index in [-0.39, 0.29) is 11.6 Å². The molecule has 1 N–H and O–H groups in total. The number of nitro benzene ring substituents is 1.